The van der Waals surface area contributed by atoms with Crippen molar-refractivity contribution >= 4 is 23.4 Å². The van der Waals surface area contributed by atoms with Crippen LogP contribution in [0, 0.1) is 0 Å². The molecule has 0 bridgehead atoms. The number of unbranched alkanes of at least 4 members (excludes halogenated alkanes) is 1. The van der Waals surface area contributed by atoms with Crippen LogP contribution in [0.25, 0.3) is 0 Å². The molecule has 1 heterocycles. The number of benzene rings is 1. The van der Waals surface area contributed by atoms with Gasteiger partial charge in [-0.3, -0.25) is 4.79 Å². The fourth-order valence-corrected chi connectivity index (χ4v) is 3.63. The Kier molecular flexibility index (Phi) is 8.15. The zero-order valence-corrected chi connectivity index (χ0v) is 15.8. The maximum Gasteiger partial charge on any atom is 0.505 e. The van der Waals surface area contributed by atoms with Gasteiger partial charge in [0.1, 0.15) is 0 Å². The first-order valence-corrected chi connectivity index (χ1v) is 9.77. The monoisotopic (exact) mass is 375 g/mol. The number of rotatable bonds is 10. The third-order valence-electron chi connectivity index (χ3n) is 4.12. The normalized spacial score (nSPS) is 11.7. The molecule has 0 spiro atoms. The van der Waals surface area contributed by atoms with Gasteiger partial charge in [0.05, 0.1) is 17.5 Å². The number of carbonyl (C=O) groups is 2. The molecule has 1 aromatic heterocycles. The van der Waals surface area contributed by atoms with Crippen molar-refractivity contribution in [2.24, 2.45) is 0 Å². The van der Waals surface area contributed by atoms with Crippen molar-refractivity contribution in [1.82, 2.24) is 5.32 Å². The van der Waals surface area contributed by atoms with Gasteiger partial charge < -0.3 is 15.2 Å². The Morgan fingerprint density at radius 1 is 1.19 bits per heavy atom. The summed E-state index contributed by atoms with van der Waals surface area (Å²) >= 11 is 1.46. The summed E-state index contributed by atoms with van der Waals surface area (Å²) in [7, 11) is 0. The van der Waals surface area contributed by atoms with Crippen LogP contribution >= 0.6 is 11.3 Å². The van der Waals surface area contributed by atoms with Gasteiger partial charge in [0.25, 0.3) is 5.91 Å². The summed E-state index contributed by atoms with van der Waals surface area (Å²) in [6.07, 6.45) is 2.94. The quantitative estimate of drug-likeness (QED) is 0.451. The highest BCUT2D eigenvalue weighted by Crippen LogP contribution is 2.23. The van der Waals surface area contributed by atoms with E-state index in [0.717, 1.165) is 35.3 Å². The maximum atomic E-state index is 12.8. The lowest BCUT2D eigenvalue weighted by atomic mass is 10.0. The molecule has 5 nitrogen and oxygen atoms in total. The Labute approximate surface area is 158 Å². The third kappa shape index (κ3) is 6.19. The van der Waals surface area contributed by atoms with Gasteiger partial charge in [0, 0.05) is 0 Å². The molecule has 0 aliphatic carbocycles. The van der Waals surface area contributed by atoms with Crippen molar-refractivity contribution in [2.75, 3.05) is 6.61 Å². The molecule has 0 radical (unpaired) electrons. The summed E-state index contributed by atoms with van der Waals surface area (Å²) < 4.78 is 4.57. The molecule has 1 amide bonds. The number of amides is 1. The standard InChI is InChI=1S/C20H25NO4S/c1-2-3-8-16-12-14-26-18(16)19(22)21-17(11-7-13-25-20(23)24)15-9-5-4-6-10-15/h4-6,9-10,12,14,17H,2-3,7-8,11,13H2,1H3,(H,21,22)(H,23,24). The molecule has 2 aromatic rings. The summed E-state index contributed by atoms with van der Waals surface area (Å²) in [6, 6.07) is 11.6. The lowest BCUT2D eigenvalue weighted by Gasteiger charge is -2.19. The van der Waals surface area contributed by atoms with Gasteiger partial charge in [0.2, 0.25) is 0 Å². The van der Waals surface area contributed by atoms with Gasteiger partial charge >= 0.3 is 6.16 Å². The molecule has 2 rings (SSSR count). The molecule has 26 heavy (non-hydrogen) atoms. The van der Waals surface area contributed by atoms with Crippen LogP contribution in [0.4, 0.5) is 4.79 Å². The average molecular weight is 375 g/mol. The number of nitrogens with one attached hydrogen (secondary N) is 1. The fraction of sp³-hybridized carbons (Fsp3) is 0.400. The Balaban J connectivity index is 2.04. The van der Waals surface area contributed by atoms with E-state index in [-0.39, 0.29) is 18.6 Å². The maximum absolute atomic E-state index is 12.8. The summed E-state index contributed by atoms with van der Waals surface area (Å²) in [6.45, 7) is 2.26. The van der Waals surface area contributed by atoms with E-state index < -0.39 is 6.16 Å². The van der Waals surface area contributed by atoms with Gasteiger partial charge in [-0.15, -0.1) is 11.3 Å². The minimum absolute atomic E-state index is 0.0703. The first-order chi connectivity index (χ1) is 12.6. The number of carboxylic acid groups (broad SMARTS) is 1. The lowest BCUT2D eigenvalue weighted by Crippen LogP contribution is -2.29. The molecule has 0 saturated heterocycles. The second kappa shape index (κ2) is 10.6. The lowest BCUT2D eigenvalue weighted by molar-refractivity contribution is 0.0865. The van der Waals surface area contributed by atoms with E-state index in [9.17, 15) is 9.59 Å². The SMILES string of the molecule is CCCCc1ccsc1C(=O)NC(CCCOC(=O)O)c1ccccc1. The molecule has 0 aliphatic heterocycles. The molecular formula is C20H25NO4S. The minimum atomic E-state index is -1.27. The van der Waals surface area contributed by atoms with Crippen LogP contribution < -0.4 is 5.32 Å². The highest BCUT2D eigenvalue weighted by Gasteiger charge is 2.19. The zero-order chi connectivity index (χ0) is 18.8. The molecule has 1 aromatic carbocycles. The second-order valence-electron chi connectivity index (χ2n) is 6.07. The largest absolute Gasteiger partial charge is 0.505 e. The molecular weight excluding hydrogens is 350 g/mol. The van der Waals surface area contributed by atoms with Crippen LogP contribution in [-0.4, -0.2) is 23.8 Å². The van der Waals surface area contributed by atoms with Crippen molar-refractivity contribution in [3.05, 3.63) is 57.8 Å². The number of ether oxygens (including phenoxy) is 1. The van der Waals surface area contributed by atoms with Crippen molar-refractivity contribution in [3.63, 3.8) is 0 Å². The smallest absolute Gasteiger partial charge is 0.450 e. The molecule has 1 unspecified atom stereocenters. The van der Waals surface area contributed by atoms with Crippen LogP contribution in [0.1, 0.15) is 59.4 Å². The summed E-state index contributed by atoms with van der Waals surface area (Å²) in [5.74, 6) is -0.0703. The van der Waals surface area contributed by atoms with Crippen LogP contribution in [0.5, 0.6) is 0 Å². The van der Waals surface area contributed by atoms with Crippen LogP contribution in [0.2, 0.25) is 0 Å². The Morgan fingerprint density at radius 3 is 2.65 bits per heavy atom. The number of thiophene rings is 1. The van der Waals surface area contributed by atoms with Crippen molar-refractivity contribution in [3.8, 4) is 0 Å². The molecule has 0 fully saturated rings. The van der Waals surface area contributed by atoms with Gasteiger partial charge in [-0.25, -0.2) is 4.79 Å². The van der Waals surface area contributed by atoms with E-state index in [4.69, 9.17) is 5.11 Å². The van der Waals surface area contributed by atoms with E-state index in [0.29, 0.717) is 12.8 Å². The Bertz CT molecular complexity index is 699. The molecule has 6 heteroatoms. The number of carbonyl (C=O) groups excluding carboxylic acids is 1. The van der Waals surface area contributed by atoms with Crippen LogP contribution in [0.3, 0.4) is 0 Å². The van der Waals surface area contributed by atoms with Crippen molar-refractivity contribution in [1.29, 1.82) is 0 Å². The van der Waals surface area contributed by atoms with Crippen LogP contribution in [0.15, 0.2) is 41.8 Å². The first-order valence-electron chi connectivity index (χ1n) is 8.89. The van der Waals surface area contributed by atoms with Crippen molar-refractivity contribution in [2.45, 2.75) is 45.1 Å². The summed E-state index contributed by atoms with van der Waals surface area (Å²) in [4.78, 5) is 24.0. The van der Waals surface area contributed by atoms with E-state index in [1.54, 1.807) is 0 Å². The predicted molar refractivity (Wildman–Crippen MR) is 103 cm³/mol. The topological polar surface area (TPSA) is 75.6 Å². The Hall–Kier alpha value is -2.34. The van der Waals surface area contributed by atoms with Gasteiger partial charge in [0.15, 0.2) is 0 Å². The number of hydrogen-bond acceptors (Lipinski definition) is 4. The fourth-order valence-electron chi connectivity index (χ4n) is 2.78. The third-order valence-corrected chi connectivity index (χ3v) is 5.08. The predicted octanol–water partition coefficient (Wildman–Crippen LogP) is 5.04. The van der Waals surface area contributed by atoms with Crippen LogP contribution in [-0.2, 0) is 11.2 Å². The van der Waals surface area contributed by atoms with E-state index >= 15 is 0 Å². The minimum Gasteiger partial charge on any atom is -0.450 e. The molecule has 0 saturated carbocycles. The van der Waals surface area contributed by atoms with E-state index in [1.165, 1.54) is 11.3 Å². The zero-order valence-electron chi connectivity index (χ0n) is 14.9. The highest BCUT2D eigenvalue weighted by molar-refractivity contribution is 7.12. The average Bonchev–Trinajstić information content (AvgIpc) is 3.11. The summed E-state index contributed by atoms with van der Waals surface area (Å²) in [5, 5.41) is 13.6. The summed E-state index contributed by atoms with van der Waals surface area (Å²) in [5.41, 5.74) is 2.10. The Morgan fingerprint density at radius 2 is 1.96 bits per heavy atom. The first kappa shape index (κ1) is 20.0. The van der Waals surface area contributed by atoms with Gasteiger partial charge in [-0.1, -0.05) is 43.7 Å². The van der Waals surface area contributed by atoms with E-state index in [1.807, 2.05) is 41.8 Å². The molecule has 0 aliphatic rings. The molecule has 2 N–H and O–H groups in total. The highest BCUT2D eigenvalue weighted by atomic mass is 32.1. The molecule has 140 valence electrons. The number of aryl methyl sites for hydroxylation is 1. The van der Waals surface area contributed by atoms with Gasteiger partial charge in [-0.05, 0) is 48.3 Å². The van der Waals surface area contributed by atoms with Crippen molar-refractivity contribution < 1.29 is 19.4 Å². The second-order valence-corrected chi connectivity index (χ2v) is 6.99. The molecule has 1 atom stereocenters. The van der Waals surface area contributed by atoms with Gasteiger partial charge in [-0.2, -0.15) is 0 Å². The van der Waals surface area contributed by atoms with E-state index in [2.05, 4.69) is 17.0 Å². The number of hydrogen-bond donors (Lipinski definition) is 2.